The van der Waals surface area contributed by atoms with Crippen molar-refractivity contribution in [3.05, 3.63) is 36.7 Å². The van der Waals surface area contributed by atoms with Crippen molar-refractivity contribution in [1.29, 1.82) is 0 Å². The van der Waals surface area contributed by atoms with Gasteiger partial charge in [0.15, 0.2) is 0 Å². The van der Waals surface area contributed by atoms with Crippen molar-refractivity contribution in [2.45, 2.75) is 31.6 Å². The van der Waals surface area contributed by atoms with Crippen molar-refractivity contribution in [2.75, 3.05) is 24.6 Å². The Labute approximate surface area is 136 Å². The summed E-state index contributed by atoms with van der Waals surface area (Å²) < 4.78 is 5.77. The van der Waals surface area contributed by atoms with Gasteiger partial charge in [0.05, 0.1) is 12.8 Å². The van der Waals surface area contributed by atoms with Gasteiger partial charge in [-0.05, 0) is 31.7 Å². The van der Waals surface area contributed by atoms with E-state index in [2.05, 4.69) is 19.9 Å². The zero-order valence-electron chi connectivity index (χ0n) is 13.1. The Morgan fingerprint density at radius 2 is 2.09 bits per heavy atom. The highest BCUT2D eigenvalue weighted by atomic mass is 16.5. The van der Waals surface area contributed by atoms with Crippen LogP contribution in [0.15, 0.2) is 30.9 Å². The van der Waals surface area contributed by atoms with Gasteiger partial charge in [-0.3, -0.25) is 4.98 Å². The van der Waals surface area contributed by atoms with Gasteiger partial charge in [0.1, 0.15) is 11.6 Å². The van der Waals surface area contributed by atoms with Crippen LogP contribution < -0.4 is 9.64 Å². The molecule has 1 saturated carbocycles. The molecule has 1 aliphatic carbocycles. The summed E-state index contributed by atoms with van der Waals surface area (Å²) in [5.41, 5.74) is 0. The van der Waals surface area contributed by atoms with Crippen LogP contribution in [0.4, 0.5) is 5.82 Å². The lowest BCUT2D eigenvalue weighted by Gasteiger charge is -2.33. The van der Waals surface area contributed by atoms with Crippen LogP contribution in [0.1, 0.15) is 37.4 Å². The minimum atomic E-state index is 0.491. The maximum absolute atomic E-state index is 5.77. The molecule has 0 amide bonds. The molecule has 0 N–H and O–H groups in total. The Kier molecular flexibility index (Phi) is 4.05. The molecule has 0 aromatic carbocycles. The van der Waals surface area contributed by atoms with Crippen LogP contribution in [0.25, 0.3) is 0 Å². The first-order valence-corrected chi connectivity index (χ1v) is 8.35. The lowest BCUT2D eigenvalue weighted by atomic mass is 9.99. The molecule has 3 heterocycles. The first kappa shape index (κ1) is 14.4. The summed E-state index contributed by atoms with van der Waals surface area (Å²) in [6.45, 7) is 2.71. The maximum atomic E-state index is 5.77. The second-order valence-corrected chi connectivity index (χ2v) is 6.36. The van der Waals surface area contributed by atoms with E-state index in [0.29, 0.717) is 24.3 Å². The molecule has 0 radical (unpaired) electrons. The Balaban J connectivity index is 1.37. The summed E-state index contributed by atoms with van der Waals surface area (Å²) in [4.78, 5) is 19.7. The number of ether oxygens (including phenoxy) is 1. The lowest BCUT2D eigenvalue weighted by Crippen LogP contribution is -2.38. The first-order chi connectivity index (χ1) is 11.4. The molecule has 2 fully saturated rings. The average Bonchev–Trinajstić information content (AvgIpc) is 3.46. The summed E-state index contributed by atoms with van der Waals surface area (Å²) >= 11 is 0. The Morgan fingerprint density at radius 3 is 2.91 bits per heavy atom. The fraction of sp³-hybridized carbons (Fsp3) is 0.529. The number of aromatic nitrogens is 4. The molecule has 4 rings (SSSR count). The monoisotopic (exact) mass is 311 g/mol. The molecule has 2 aromatic rings. The van der Waals surface area contributed by atoms with Crippen molar-refractivity contribution < 1.29 is 4.74 Å². The Bertz CT molecular complexity index is 646. The van der Waals surface area contributed by atoms with Gasteiger partial charge in [-0.1, -0.05) is 0 Å². The van der Waals surface area contributed by atoms with Gasteiger partial charge in [0, 0.05) is 43.5 Å². The molecule has 1 saturated heterocycles. The summed E-state index contributed by atoms with van der Waals surface area (Å²) in [6, 6.07) is 2.03. The minimum Gasteiger partial charge on any atom is -0.476 e. The van der Waals surface area contributed by atoms with Crippen molar-refractivity contribution in [3.63, 3.8) is 0 Å². The van der Waals surface area contributed by atoms with Crippen LogP contribution in [-0.4, -0.2) is 39.6 Å². The van der Waals surface area contributed by atoms with Gasteiger partial charge in [-0.2, -0.15) is 0 Å². The highest BCUT2D eigenvalue weighted by Gasteiger charge is 2.28. The first-order valence-electron chi connectivity index (χ1n) is 8.35. The molecule has 1 atom stereocenters. The van der Waals surface area contributed by atoms with E-state index in [1.54, 1.807) is 18.6 Å². The molecule has 2 aliphatic rings. The summed E-state index contributed by atoms with van der Waals surface area (Å²) in [5.74, 6) is 3.76. The van der Waals surface area contributed by atoms with E-state index >= 15 is 0 Å². The van der Waals surface area contributed by atoms with Crippen molar-refractivity contribution in [1.82, 2.24) is 19.9 Å². The standard InChI is InChI=1S/C17H21N5O/c1-2-13(12-23-16-10-18-7-8-19-16)11-22(9-1)15-5-6-20-17(21-15)14-3-4-14/h5-8,10,13-14H,1-4,9,11-12H2. The molecule has 1 unspecified atom stereocenters. The van der Waals surface area contributed by atoms with E-state index < -0.39 is 0 Å². The summed E-state index contributed by atoms with van der Waals surface area (Å²) in [7, 11) is 0. The van der Waals surface area contributed by atoms with Gasteiger partial charge in [-0.15, -0.1) is 0 Å². The van der Waals surface area contributed by atoms with Gasteiger partial charge >= 0.3 is 0 Å². The van der Waals surface area contributed by atoms with Crippen molar-refractivity contribution >= 4 is 5.82 Å². The van der Waals surface area contributed by atoms with Gasteiger partial charge in [0.25, 0.3) is 0 Å². The zero-order chi connectivity index (χ0) is 15.5. The highest BCUT2D eigenvalue weighted by molar-refractivity contribution is 5.38. The number of piperidine rings is 1. The molecule has 120 valence electrons. The van der Waals surface area contributed by atoms with E-state index in [9.17, 15) is 0 Å². The molecule has 1 aliphatic heterocycles. The zero-order valence-corrected chi connectivity index (χ0v) is 13.1. The van der Waals surface area contributed by atoms with Gasteiger partial charge in [0.2, 0.25) is 5.88 Å². The van der Waals surface area contributed by atoms with E-state index in [0.717, 1.165) is 31.2 Å². The molecule has 0 bridgehead atoms. The van der Waals surface area contributed by atoms with Gasteiger partial charge < -0.3 is 9.64 Å². The largest absolute Gasteiger partial charge is 0.476 e. The number of hydrogen-bond acceptors (Lipinski definition) is 6. The lowest BCUT2D eigenvalue weighted by molar-refractivity contribution is 0.221. The molecule has 2 aromatic heterocycles. The normalized spacial score (nSPS) is 21.2. The SMILES string of the molecule is c1cnc(OCC2CCCN(c3ccnc(C4CC4)n3)C2)cn1. The van der Waals surface area contributed by atoms with Crippen molar-refractivity contribution in [3.8, 4) is 5.88 Å². The third kappa shape index (κ3) is 3.57. The molecular weight excluding hydrogens is 290 g/mol. The maximum Gasteiger partial charge on any atom is 0.232 e. The molecule has 6 heteroatoms. The second kappa shape index (κ2) is 6.48. The topological polar surface area (TPSA) is 64.0 Å². The number of nitrogens with zero attached hydrogens (tertiary/aromatic N) is 5. The second-order valence-electron chi connectivity index (χ2n) is 6.36. The predicted molar refractivity (Wildman–Crippen MR) is 86.5 cm³/mol. The van der Waals surface area contributed by atoms with E-state index in [4.69, 9.17) is 9.72 Å². The molecule has 6 nitrogen and oxygen atoms in total. The van der Waals surface area contributed by atoms with Gasteiger partial charge in [-0.25, -0.2) is 15.0 Å². The van der Waals surface area contributed by atoms with Crippen LogP contribution >= 0.6 is 0 Å². The van der Waals surface area contributed by atoms with Crippen LogP contribution in [0.5, 0.6) is 5.88 Å². The van der Waals surface area contributed by atoms with Crippen LogP contribution in [-0.2, 0) is 0 Å². The summed E-state index contributed by atoms with van der Waals surface area (Å²) in [6.07, 6.45) is 11.7. The number of hydrogen-bond donors (Lipinski definition) is 0. The van der Waals surface area contributed by atoms with E-state index in [1.165, 1.54) is 19.3 Å². The van der Waals surface area contributed by atoms with Crippen LogP contribution in [0.2, 0.25) is 0 Å². The smallest absolute Gasteiger partial charge is 0.232 e. The Morgan fingerprint density at radius 1 is 1.13 bits per heavy atom. The fourth-order valence-electron chi connectivity index (χ4n) is 3.05. The van der Waals surface area contributed by atoms with E-state index in [-0.39, 0.29) is 0 Å². The van der Waals surface area contributed by atoms with Crippen molar-refractivity contribution in [2.24, 2.45) is 5.92 Å². The fourth-order valence-corrected chi connectivity index (χ4v) is 3.05. The number of rotatable bonds is 5. The third-order valence-corrected chi connectivity index (χ3v) is 4.45. The number of anilines is 1. The van der Waals surface area contributed by atoms with Crippen LogP contribution in [0.3, 0.4) is 0 Å². The predicted octanol–water partition coefficient (Wildman–Crippen LogP) is 2.44. The van der Waals surface area contributed by atoms with Crippen LogP contribution in [0, 0.1) is 5.92 Å². The average molecular weight is 311 g/mol. The highest BCUT2D eigenvalue weighted by Crippen LogP contribution is 2.38. The molecule has 0 spiro atoms. The molecule has 23 heavy (non-hydrogen) atoms. The summed E-state index contributed by atoms with van der Waals surface area (Å²) in [5, 5.41) is 0. The quantitative estimate of drug-likeness (QED) is 0.845. The minimum absolute atomic E-state index is 0.491. The third-order valence-electron chi connectivity index (χ3n) is 4.45. The Hall–Kier alpha value is -2.24. The van der Waals surface area contributed by atoms with E-state index in [1.807, 2.05) is 12.3 Å². The molecular formula is C17H21N5O.